The number of hydrogen-bond acceptors (Lipinski definition) is 7. The van der Waals surface area contributed by atoms with Crippen molar-refractivity contribution in [2.45, 2.75) is 36.5 Å². The lowest BCUT2D eigenvalue weighted by molar-refractivity contribution is -0.140. The number of nitrogens with one attached hydrogen (secondary N) is 3. The topological polar surface area (TPSA) is 96.9 Å². The van der Waals surface area contributed by atoms with Crippen LogP contribution in [0.5, 0.6) is 5.75 Å². The third-order valence-corrected chi connectivity index (χ3v) is 9.24. The number of anilines is 2. The maximum Gasteiger partial charge on any atom is 0.406 e. The number of methoxy groups -OCH3 is 1. The van der Waals surface area contributed by atoms with E-state index in [9.17, 15) is 21.6 Å². The average molecular weight is 606 g/mol. The molecule has 0 spiro atoms. The molecular weight excluding hydrogens is 571 g/mol. The van der Waals surface area contributed by atoms with E-state index in [1.807, 2.05) is 6.07 Å². The van der Waals surface area contributed by atoms with Crippen LogP contribution in [0.15, 0.2) is 47.4 Å². The van der Waals surface area contributed by atoms with Crippen molar-refractivity contribution in [3.8, 4) is 17.6 Å². The molecule has 0 saturated carbocycles. The summed E-state index contributed by atoms with van der Waals surface area (Å²) in [4.78, 5) is 0.100. The van der Waals surface area contributed by atoms with E-state index >= 15 is 0 Å². The van der Waals surface area contributed by atoms with Crippen LogP contribution in [-0.4, -0.2) is 82.6 Å². The predicted octanol–water partition coefficient (Wildman–Crippen LogP) is 3.86. The fraction of sp³-hybridized carbons (Fsp3) is 0.448. The van der Waals surface area contributed by atoms with Gasteiger partial charge in [0.1, 0.15) is 12.3 Å². The second-order valence-corrected chi connectivity index (χ2v) is 12.1. The van der Waals surface area contributed by atoms with Crippen molar-refractivity contribution in [3.63, 3.8) is 0 Å². The molecule has 9 nitrogen and oxygen atoms in total. The van der Waals surface area contributed by atoms with Crippen molar-refractivity contribution >= 4 is 32.3 Å². The second kappa shape index (κ2) is 12.8. The van der Waals surface area contributed by atoms with Crippen molar-refractivity contribution in [3.05, 3.63) is 48.2 Å². The number of morpholine rings is 1. The van der Waals surface area contributed by atoms with Crippen molar-refractivity contribution in [2.75, 3.05) is 63.7 Å². The molecule has 5 rings (SSSR count). The van der Waals surface area contributed by atoms with Gasteiger partial charge in [-0.05, 0) is 62.2 Å². The second-order valence-electron chi connectivity index (χ2n) is 10.2. The van der Waals surface area contributed by atoms with E-state index in [4.69, 9.17) is 9.47 Å². The fourth-order valence-electron chi connectivity index (χ4n) is 5.24. The number of sulfonamides is 1. The summed E-state index contributed by atoms with van der Waals surface area (Å²) < 4.78 is 79.9. The lowest BCUT2D eigenvalue weighted by Gasteiger charge is -2.26. The number of rotatable bonds is 8. The van der Waals surface area contributed by atoms with Crippen LogP contribution in [0.3, 0.4) is 0 Å². The normalized spacial score (nSPS) is 17.0. The number of hydrogen-bond donors (Lipinski definition) is 3. The Kier molecular flexibility index (Phi) is 9.17. The van der Waals surface area contributed by atoms with Crippen LogP contribution in [0.2, 0.25) is 0 Å². The summed E-state index contributed by atoms with van der Waals surface area (Å²) in [5, 5.41) is 10.6. The molecule has 3 aromatic rings. The minimum absolute atomic E-state index is 0.0969. The van der Waals surface area contributed by atoms with E-state index in [-0.39, 0.29) is 36.3 Å². The SMILES string of the molecule is COc1cc(S(=O)(=O)N2CCOCC2)ccc1NCC#Cc1cc2c(NC3CCNCC3)cccc2n1CC(F)(F)F. The van der Waals surface area contributed by atoms with Gasteiger partial charge in [0, 0.05) is 36.3 Å². The number of fused-ring (bicyclic) bond motifs is 1. The maximum absolute atomic E-state index is 13.6. The minimum atomic E-state index is -4.42. The van der Waals surface area contributed by atoms with Gasteiger partial charge in [-0.25, -0.2) is 8.42 Å². The highest BCUT2D eigenvalue weighted by molar-refractivity contribution is 7.89. The van der Waals surface area contributed by atoms with E-state index in [1.165, 1.54) is 28.1 Å². The zero-order chi connectivity index (χ0) is 29.7. The van der Waals surface area contributed by atoms with Crippen molar-refractivity contribution in [1.82, 2.24) is 14.2 Å². The highest BCUT2D eigenvalue weighted by atomic mass is 32.2. The Bertz CT molecular complexity index is 1570. The van der Waals surface area contributed by atoms with Gasteiger partial charge >= 0.3 is 6.18 Å². The van der Waals surface area contributed by atoms with E-state index in [0.717, 1.165) is 31.6 Å². The van der Waals surface area contributed by atoms with Gasteiger partial charge in [0.2, 0.25) is 10.0 Å². The molecule has 0 radical (unpaired) electrons. The predicted molar refractivity (Wildman–Crippen MR) is 155 cm³/mol. The van der Waals surface area contributed by atoms with E-state index in [2.05, 4.69) is 27.8 Å². The number of halogens is 3. The van der Waals surface area contributed by atoms with Gasteiger partial charge in [0.25, 0.3) is 0 Å². The fourth-order valence-corrected chi connectivity index (χ4v) is 6.66. The number of piperidine rings is 1. The van der Waals surface area contributed by atoms with Crippen LogP contribution in [0.4, 0.5) is 24.5 Å². The molecule has 2 fully saturated rings. The standard InChI is InChI=1S/C29H34F3N5O4S/c1-40-28-19-23(42(38,39)36-14-16-41-17-15-36)7-8-26(28)34-11-3-4-22-18-24-25(35-21-9-12-33-13-10-21)5-2-6-27(24)37(22)20-29(30,31)32/h2,5-8,18-19,21,33-35H,9-17,20H2,1H3. The summed E-state index contributed by atoms with van der Waals surface area (Å²) in [5.41, 5.74) is 2.01. The van der Waals surface area contributed by atoms with E-state index in [0.29, 0.717) is 35.6 Å². The molecule has 2 aliphatic rings. The lowest BCUT2D eigenvalue weighted by Crippen LogP contribution is -2.40. The first kappa shape index (κ1) is 30.0. The Morgan fingerprint density at radius 2 is 1.86 bits per heavy atom. The van der Waals surface area contributed by atoms with Gasteiger partial charge in [-0.1, -0.05) is 12.0 Å². The Hall–Kier alpha value is -3.44. The third-order valence-electron chi connectivity index (χ3n) is 7.35. The molecule has 42 heavy (non-hydrogen) atoms. The number of ether oxygens (including phenoxy) is 2. The first-order valence-electron chi connectivity index (χ1n) is 13.8. The van der Waals surface area contributed by atoms with E-state index < -0.39 is 22.7 Å². The van der Waals surface area contributed by atoms with E-state index in [1.54, 1.807) is 24.3 Å². The summed E-state index contributed by atoms with van der Waals surface area (Å²) in [5.74, 6) is 6.12. The number of benzene rings is 2. The number of nitrogens with zero attached hydrogens (tertiary/aromatic N) is 2. The molecule has 0 bridgehead atoms. The van der Waals surface area contributed by atoms with Crippen LogP contribution < -0.4 is 20.7 Å². The van der Waals surface area contributed by atoms with Gasteiger partial charge < -0.3 is 30.0 Å². The van der Waals surface area contributed by atoms with Crippen LogP contribution in [0, 0.1) is 11.8 Å². The molecule has 0 unspecified atom stereocenters. The third kappa shape index (κ3) is 6.95. The van der Waals surface area contributed by atoms with Crippen molar-refractivity contribution in [2.24, 2.45) is 0 Å². The lowest BCUT2D eigenvalue weighted by atomic mass is 10.1. The molecule has 0 amide bonds. The number of alkyl halides is 3. The Labute approximate surface area is 243 Å². The van der Waals surface area contributed by atoms with Crippen LogP contribution in [-0.2, 0) is 21.3 Å². The summed E-state index contributed by atoms with van der Waals surface area (Å²) in [6.45, 7) is 1.96. The molecule has 2 aromatic carbocycles. The average Bonchev–Trinajstić information content (AvgIpc) is 3.32. The Morgan fingerprint density at radius 3 is 2.57 bits per heavy atom. The summed E-state index contributed by atoms with van der Waals surface area (Å²) >= 11 is 0. The van der Waals surface area contributed by atoms with Crippen LogP contribution in [0.1, 0.15) is 18.5 Å². The quantitative estimate of drug-likeness (QED) is 0.336. The highest BCUT2D eigenvalue weighted by Crippen LogP contribution is 2.32. The zero-order valence-electron chi connectivity index (χ0n) is 23.3. The van der Waals surface area contributed by atoms with Gasteiger partial charge in [0.05, 0.1) is 48.7 Å². The highest BCUT2D eigenvalue weighted by Gasteiger charge is 2.30. The summed E-state index contributed by atoms with van der Waals surface area (Å²) in [6.07, 6.45) is -2.56. The first-order valence-corrected chi connectivity index (χ1v) is 15.2. The molecule has 3 heterocycles. The molecule has 0 aliphatic carbocycles. The monoisotopic (exact) mass is 605 g/mol. The van der Waals surface area contributed by atoms with Crippen LogP contribution in [0.25, 0.3) is 10.9 Å². The Balaban J connectivity index is 1.36. The first-order chi connectivity index (χ1) is 20.2. The largest absolute Gasteiger partial charge is 0.495 e. The molecule has 1 aromatic heterocycles. The van der Waals surface area contributed by atoms with Gasteiger partial charge in [-0.2, -0.15) is 17.5 Å². The van der Waals surface area contributed by atoms with Gasteiger partial charge in [-0.15, -0.1) is 0 Å². The summed E-state index contributed by atoms with van der Waals surface area (Å²) in [6, 6.07) is 11.8. The van der Waals surface area contributed by atoms with Gasteiger partial charge in [0.15, 0.2) is 0 Å². The smallest absolute Gasteiger partial charge is 0.406 e. The Morgan fingerprint density at radius 1 is 1.10 bits per heavy atom. The number of aromatic nitrogens is 1. The zero-order valence-corrected chi connectivity index (χ0v) is 24.1. The van der Waals surface area contributed by atoms with Crippen LogP contribution >= 0.6 is 0 Å². The molecule has 13 heteroatoms. The van der Waals surface area contributed by atoms with Gasteiger partial charge in [-0.3, -0.25) is 0 Å². The molecule has 3 N–H and O–H groups in total. The maximum atomic E-state index is 13.6. The summed E-state index contributed by atoms with van der Waals surface area (Å²) in [7, 11) is -2.27. The minimum Gasteiger partial charge on any atom is -0.495 e. The van der Waals surface area contributed by atoms with Crippen molar-refractivity contribution in [1.29, 1.82) is 0 Å². The van der Waals surface area contributed by atoms with Crippen molar-refractivity contribution < 1.29 is 31.1 Å². The molecule has 2 aliphatic heterocycles. The molecule has 2 saturated heterocycles. The molecular formula is C29H34F3N5O4S. The molecule has 0 atom stereocenters. The molecule has 226 valence electrons.